The van der Waals surface area contributed by atoms with Gasteiger partial charge in [0.2, 0.25) is 0 Å². The van der Waals surface area contributed by atoms with Crippen molar-refractivity contribution in [2.24, 2.45) is 0 Å². The quantitative estimate of drug-likeness (QED) is 0.551. The molecule has 0 aromatic heterocycles. The lowest BCUT2D eigenvalue weighted by Crippen LogP contribution is -3.08. The standard InChI is InChI=1S/C13H12N2O5/c1-20-9-4-2-3-7-10(9)13(18)15(11(7)16)8-5-6-14(19)12(8)17/h2-4,8,14H,5-6H2,1H3. The van der Waals surface area contributed by atoms with Crippen LogP contribution in [0.3, 0.4) is 0 Å². The number of benzene rings is 1. The number of ether oxygens (including phenoxy) is 1. The van der Waals surface area contributed by atoms with Gasteiger partial charge in [-0.05, 0) is 12.1 Å². The molecule has 2 aliphatic rings. The summed E-state index contributed by atoms with van der Waals surface area (Å²) >= 11 is 0. The minimum Gasteiger partial charge on any atom is -0.627 e. The largest absolute Gasteiger partial charge is 0.627 e. The highest BCUT2D eigenvalue weighted by atomic mass is 16.5. The summed E-state index contributed by atoms with van der Waals surface area (Å²) in [6, 6.07) is 3.72. The minimum atomic E-state index is -0.973. The topological polar surface area (TPSA) is 91.2 Å². The van der Waals surface area contributed by atoms with E-state index in [4.69, 9.17) is 4.74 Å². The van der Waals surface area contributed by atoms with E-state index in [0.29, 0.717) is 5.75 Å². The highest BCUT2D eigenvalue weighted by Crippen LogP contribution is 2.32. The van der Waals surface area contributed by atoms with Crippen LogP contribution in [0.2, 0.25) is 0 Å². The van der Waals surface area contributed by atoms with Crippen molar-refractivity contribution in [2.75, 3.05) is 13.7 Å². The average molecular weight is 276 g/mol. The number of hydrogen-bond acceptors (Lipinski definition) is 5. The van der Waals surface area contributed by atoms with Crippen molar-refractivity contribution in [3.05, 3.63) is 34.5 Å². The molecule has 1 saturated heterocycles. The Bertz CT molecular complexity index is 627. The number of rotatable bonds is 2. The van der Waals surface area contributed by atoms with Gasteiger partial charge in [0, 0.05) is 6.42 Å². The molecule has 1 N–H and O–H groups in total. The molecule has 0 spiro atoms. The molecule has 3 rings (SSSR count). The Morgan fingerprint density at radius 2 is 2.05 bits per heavy atom. The normalized spacial score (nSPS) is 25.3. The van der Waals surface area contributed by atoms with E-state index in [-0.39, 0.29) is 24.1 Å². The maximum atomic E-state index is 12.4. The van der Waals surface area contributed by atoms with Crippen LogP contribution in [0.4, 0.5) is 0 Å². The first-order chi connectivity index (χ1) is 9.56. The highest BCUT2D eigenvalue weighted by molar-refractivity contribution is 6.23. The lowest BCUT2D eigenvalue weighted by molar-refractivity contribution is -0.755. The number of quaternary nitrogens is 1. The Kier molecular flexibility index (Phi) is 2.81. The number of methoxy groups -OCH3 is 1. The Balaban J connectivity index is 2.04. The third kappa shape index (κ3) is 1.57. The highest BCUT2D eigenvalue weighted by Gasteiger charge is 2.48. The predicted molar refractivity (Wildman–Crippen MR) is 66.1 cm³/mol. The van der Waals surface area contributed by atoms with Crippen LogP contribution in [0.5, 0.6) is 5.75 Å². The van der Waals surface area contributed by atoms with Crippen LogP contribution in [-0.4, -0.2) is 42.3 Å². The van der Waals surface area contributed by atoms with Gasteiger partial charge in [-0.15, -0.1) is 0 Å². The van der Waals surface area contributed by atoms with Gasteiger partial charge in [-0.1, -0.05) is 6.07 Å². The molecule has 0 saturated carbocycles. The lowest BCUT2D eigenvalue weighted by atomic mass is 10.1. The maximum absolute atomic E-state index is 12.4. The van der Waals surface area contributed by atoms with Gasteiger partial charge in [0.1, 0.15) is 5.75 Å². The van der Waals surface area contributed by atoms with Gasteiger partial charge in [0.25, 0.3) is 11.8 Å². The zero-order valence-electron chi connectivity index (χ0n) is 10.7. The first-order valence-corrected chi connectivity index (χ1v) is 6.18. The number of nitrogens with zero attached hydrogens (tertiary/aromatic N) is 1. The van der Waals surface area contributed by atoms with Gasteiger partial charge in [0.05, 0.1) is 24.8 Å². The molecule has 20 heavy (non-hydrogen) atoms. The van der Waals surface area contributed by atoms with Crippen molar-refractivity contribution in [3.8, 4) is 5.75 Å². The molecule has 2 unspecified atom stereocenters. The number of amides is 3. The molecule has 7 heteroatoms. The van der Waals surface area contributed by atoms with E-state index in [1.807, 2.05) is 0 Å². The van der Waals surface area contributed by atoms with E-state index in [9.17, 15) is 19.6 Å². The second-order valence-corrected chi connectivity index (χ2v) is 4.71. The van der Waals surface area contributed by atoms with Crippen LogP contribution in [0.15, 0.2) is 18.2 Å². The van der Waals surface area contributed by atoms with Crippen LogP contribution in [0, 0.1) is 5.21 Å². The van der Waals surface area contributed by atoms with Crippen LogP contribution < -0.4 is 9.80 Å². The summed E-state index contributed by atoms with van der Waals surface area (Å²) < 4.78 is 5.08. The summed E-state index contributed by atoms with van der Waals surface area (Å²) in [6.45, 7) is 0.0774. The van der Waals surface area contributed by atoms with E-state index in [2.05, 4.69) is 0 Å². The van der Waals surface area contributed by atoms with E-state index in [1.54, 1.807) is 12.1 Å². The molecule has 1 aromatic carbocycles. The van der Waals surface area contributed by atoms with Crippen LogP contribution in [-0.2, 0) is 4.79 Å². The second-order valence-electron chi connectivity index (χ2n) is 4.71. The zero-order valence-corrected chi connectivity index (χ0v) is 10.7. The third-order valence-corrected chi connectivity index (χ3v) is 3.66. The summed E-state index contributed by atoms with van der Waals surface area (Å²) in [4.78, 5) is 37.3. The van der Waals surface area contributed by atoms with Gasteiger partial charge in [-0.3, -0.25) is 14.5 Å². The SMILES string of the molecule is COc1cccc2c1C(=O)N(C1CC[NH+]([O-])C1=O)C2=O. The Hall–Kier alpha value is -2.25. The van der Waals surface area contributed by atoms with E-state index < -0.39 is 28.8 Å². The van der Waals surface area contributed by atoms with Crippen molar-refractivity contribution < 1.29 is 24.2 Å². The van der Waals surface area contributed by atoms with Crippen LogP contribution in [0.1, 0.15) is 27.1 Å². The molecule has 1 aromatic rings. The Morgan fingerprint density at radius 3 is 2.65 bits per heavy atom. The zero-order chi connectivity index (χ0) is 14.4. The van der Waals surface area contributed by atoms with Crippen molar-refractivity contribution in [1.82, 2.24) is 4.90 Å². The fourth-order valence-corrected chi connectivity index (χ4v) is 2.68. The van der Waals surface area contributed by atoms with Crippen LogP contribution >= 0.6 is 0 Å². The molecule has 2 heterocycles. The fourth-order valence-electron chi connectivity index (χ4n) is 2.68. The number of hydrogen-bond donors (Lipinski definition) is 1. The molecule has 1 fully saturated rings. The molecule has 104 valence electrons. The smallest absolute Gasteiger partial charge is 0.335 e. The van der Waals surface area contributed by atoms with Gasteiger partial charge in [0.15, 0.2) is 6.04 Å². The number of fused-ring (bicyclic) bond motifs is 1. The predicted octanol–water partition coefficient (Wildman–Crippen LogP) is -1.03. The number of hydroxylamine groups is 2. The van der Waals surface area contributed by atoms with Crippen molar-refractivity contribution >= 4 is 17.7 Å². The molecule has 0 aliphatic carbocycles. The monoisotopic (exact) mass is 276 g/mol. The summed E-state index contributed by atoms with van der Waals surface area (Å²) in [7, 11) is 1.40. The molecular formula is C13H12N2O5. The summed E-state index contributed by atoms with van der Waals surface area (Å²) in [6.07, 6.45) is 0.200. The summed E-state index contributed by atoms with van der Waals surface area (Å²) in [5.41, 5.74) is 0.369. The van der Waals surface area contributed by atoms with Gasteiger partial charge >= 0.3 is 5.91 Å². The van der Waals surface area contributed by atoms with E-state index in [0.717, 1.165) is 4.90 Å². The maximum Gasteiger partial charge on any atom is 0.335 e. The number of carbonyl (C=O) groups excluding carboxylic acids is 3. The third-order valence-electron chi connectivity index (χ3n) is 3.66. The molecule has 0 bridgehead atoms. The van der Waals surface area contributed by atoms with Crippen molar-refractivity contribution in [1.29, 1.82) is 0 Å². The van der Waals surface area contributed by atoms with Gasteiger partial charge < -0.3 is 15.0 Å². The lowest BCUT2D eigenvalue weighted by Gasteiger charge is -2.19. The number of carbonyl (C=O) groups is 3. The fraction of sp³-hybridized carbons (Fsp3) is 0.308. The molecule has 2 aliphatic heterocycles. The number of imide groups is 1. The van der Waals surface area contributed by atoms with Gasteiger partial charge in [-0.25, -0.2) is 4.79 Å². The van der Waals surface area contributed by atoms with E-state index >= 15 is 0 Å². The number of nitrogens with one attached hydrogen (secondary N) is 1. The molecular weight excluding hydrogens is 264 g/mol. The second kappa shape index (κ2) is 4.39. The van der Waals surface area contributed by atoms with Crippen LogP contribution in [0.25, 0.3) is 0 Å². The summed E-state index contributed by atoms with van der Waals surface area (Å²) in [5.74, 6) is -1.49. The molecule has 3 amide bonds. The van der Waals surface area contributed by atoms with Gasteiger partial charge in [-0.2, -0.15) is 0 Å². The first-order valence-electron chi connectivity index (χ1n) is 6.18. The molecule has 0 radical (unpaired) electrons. The molecule has 7 nitrogen and oxygen atoms in total. The first kappa shape index (κ1) is 12.8. The Labute approximate surface area is 114 Å². The Morgan fingerprint density at radius 1 is 1.30 bits per heavy atom. The average Bonchev–Trinajstić information content (AvgIpc) is 2.90. The van der Waals surface area contributed by atoms with Crippen molar-refractivity contribution in [3.63, 3.8) is 0 Å². The van der Waals surface area contributed by atoms with E-state index in [1.165, 1.54) is 13.2 Å². The molecule has 2 atom stereocenters. The van der Waals surface area contributed by atoms with Crippen molar-refractivity contribution in [2.45, 2.75) is 12.5 Å². The summed E-state index contributed by atoms with van der Waals surface area (Å²) in [5, 5.41) is 10.8. The minimum absolute atomic E-state index is 0.0774.